The van der Waals surface area contributed by atoms with Crippen LogP contribution in [0.25, 0.3) is 0 Å². The molecule has 0 fully saturated rings. The van der Waals surface area contributed by atoms with Gasteiger partial charge in [-0.25, -0.2) is 13.4 Å². The van der Waals surface area contributed by atoms with E-state index in [1.165, 1.54) is 18.3 Å². The maximum atomic E-state index is 12.6. The zero-order chi connectivity index (χ0) is 18.1. The van der Waals surface area contributed by atoms with E-state index in [0.29, 0.717) is 15.6 Å². The van der Waals surface area contributed by atoms with Crippen LogP contribution in [-0.4, -0.2) is 25.6 Å². The highest BCUT2D eigenvalue weighted by Crippen LogP contribution is 2.30. The summed E-state index contributed by atoms with van der Waals surface area (Å²) in [5.74, 6) is -0.0407. The van der Waals surface area contributed by atoms with E-state index in [2.05, 4.69) is 10.3 Å². The molecule has 0 saturated carbocycles. The van der Waals surface area contributed by atoms with Gasteiger partial charge in [-0.15, -0.1) is 0 Å². The van der Waals surface area contributed by atoms with E-state index in [1.54, 1.807) is 32.0 Å². The van der Waals surface area contributed by atoms with Crippen molar-refractivity contribution < 1.29 is 13.2 Å². The second kappa shape index (κ2) is 6.70. The Hall–Kier alpha value is -1.63. The first-order chi connectivity index (χ1) is 11.0. The van der Waals surface area contributed by atoms with Gasteiger partial charge in [0.1, 0.15) is 5.82 Å². The molecule has 0 saturated heterocycles. The van der Waals surface area contributed by atoms with Gasteiger partial charge in [0.05, 0.1) is 20.4 Å². The van der Waals surface area contributed by atoms with Crippen LogP contribution in [0.2, 0.25) is 10.0 Å². The molecule has 0 bridgehead atoms. The zero-order valence-electron chi connectivity index (χ0n) is 13.3. The molecule has 2 rings (SSSR count). The predicted molar refractivity (Wildman–Crippen MR) is 95.5 cm³/mol. The normalized spacial score (nSPS) is 12.0. The number of benzene rings is 1. The van der Waals surface area contributed by atoms with Gasteiger partial charge >= 0.3 is 0 Å². The molecule has 0 spiro atoms. The Morgan fingerprint density at radius 3 is 2.29 bits per heavy atom. The van der Waals surface area contributed by atoms with E-state index in [0.717, 1.165) is 6.26 Å². The van der Waals surface area contributed by atoms with Crippen molar-refractivity contribution in [2.45, 2.75) is 24.2 Å². The topological polar surface area (TPSA) is 76.1 Å². The van der Waals surface area contributed by atoms with Crippen LogP contribution in [0.4, 0.5) is 5.82 Å². The number of hydrogen-bond donors (Lipinski definition) is 1. The summed E-state index contributed by atoms with van der Waals surface area (Å²) in [6, 6.07) is 7.84. The Bertz CT molecular complexity index is 879. The molecule has 1 N–H and O–H groups in total. The van der Waals surface area contributed by atoms with Crippen LogP contribution < -0.4 is 5.32 Å². The highest BCUT2D eigenvalue weighted by Gasteiger charge is 2.30. The number of sulfone groups is 1. The second-order valence-corrected chi connectivity index (χ2v) is 8.69. The third kappa shape index (κ3) is 4.06. The van der Waals surface area contributed by atoms with Gasteiger partial charge in [0.25, 0.3) is 0 Å². The summed E-state index contributed by atoms with van der Waals surface area (Å²) in [5.41, 5.74) is -0.187. The summed E-state index contributed by atoms with van der Waals surface area (Å²) >= 11 is 11.9. The molecule has 0 aliphatic rings. The van der Waals surface area contributed by atoms with Crippen molar-refractivity contribution in [2.75, 3.05) is 11.6 Å². The molecular weight excluding hydrogens is 371 g/mol. The average Bonchev–Trinajstić information content (AvgIpc) is 2.49. The molecule has 0 aliphatic heterocycles. The Kier molecular flexibility index (Phi) is 5.22. The van der Waals surface area contributed by atoms with E-state index >= 15 is 0 Å². The molecule has 1 aromatic carbocycles. The lowest BCUT2D eigenvalue weighted by molar-refractivity contribution is -0.120. The zero-order valence-corrected chi connectivity index (χ0v) is 15.6. The fourth-order valence-corrected chi connectivity index (χ4v) is 2.82. The summed E-state index contributed by atoms with van der Waals surface area (Å²) in [5, 5.41) is 3.45. The fraction of sp³-hybridized carbons (Fsp3) is 0.250. The molecule has 1 heterocycles. The van der Waals surface area contributed by atoms with Gasteiger partial charge in [0, 0.05) is 12.5 Å². The van der Waals surface area contributed by atoms with E-state index in [4.69, 9.17) is 23.2 Å². The van der Waals surface area contributed by atoms with Crippen LogP contribution in [0, 0.1) is 0 Å². The van der Waals surface area contributed by atoms with Crippen molar-refractivity contribution in [1.29, 1.82) is 0 Å². The Morgan fingerprint density at radius 2 is 1.79 bits per heavy atom. The van der Waals surface area contributed by atoms with Crippen molar-refractivity contribution in [3.05, 3.63) is 52.1 Å². The molecule has 24 heavy (non-hydrogen) atoms. The quantitative estimate of drug-likeness (QED) is 0.868. The third-order valence-electron chi connectivity index (χ3n) is 3.62. The molecular formula is C16H16Cl2N2O3S. The summed E-state index contributed by atoms with van der Waals surface area (Å²) in [7, 11) is -3.33. The Balaban J connectivity index is 2.23. The first-order valence-corrected chi connectivity index (χ1v) is 9.59. The molecule has 0 radical (unpaired) electrons. The molecule has 128 valence electrons. The lowest BCUT2D eigenvalue weighted by atomic mass is 9.83. The molecule has 1 amide bonds. The largest absolute Gasteiger partial charge is 0.310 e. The maximum absolute atomic E-state index is 12.6. The van der Waals surface area contributed by atoms with Crippen LogP contribution in [0.3, 0.4) is 0 Å². The van der Waals surface area contributed by atoms with Gasteiger partial charge < -0.3 is 5.32 Å². The first-order valence-electron chi connectivity index (χ1n) is 6.95. The number of anilines is 1. The van der Waals surface area contributed by atoms with Gasteiger partial charge in [-0.1, -0.05) is 29.3 Å². The summed E-state index contributed by atoms with van der Waals surface area (Å²) in [6.07, 6.45) is 2.30. The lowest BCUT2D eigenvalue weighted by Gasteiger charge is -2.24. The van der Waals surface area contributed by atoms with Crippen LogP contribution >= 0.6 is 23.2 Å². The van der Waals surface area contributed by atoms with Crippen LogP contribution in [-0.2, 0) is 20.0 Å². The van der Waals surface area contributed by atoms with E-state index in [-0.39, 0.29) is 16.6 Å². The molecule has 0 atom stereocenters. The molecule has 0 unspecified atom stereocenters. The molecule has 8 heteroatoms. The van der Waals surface area contributed by atoms with Crippen LogP contribution in [0.5, 0.6) is 0 Å². The molecule has 5 nitrogen and oxygen atoms in total. The Labute approximate surface area is 150 Å². The Morgan fingerprint density at radius 1 is 1.12 bits per heavy atom. The number of halogens is 2. The van der Waals surface area contributed by atoms with Gasteiger partial charge in [0.2, 0.25) is 5.91 Å². The summed E-state index contributed by atoms with van der Waals surface area (Å²) in [6.45, 7) is 3.49. The van der Waals surface area contributed by atoms with E-state index in [9.17, 15) is 13.2 Å². The smallest absolute Gasteiger partial charge is 0.235 e. The van der Waals surface area contributed by atoms with Crippen LogP contribution in [0.1, 0.15) is 19.4 Å². The minimum absolute atomic E-state index is 0.0873. The minimum Gasteiger partial charge on any atom is -0.310 e. The minimum atomic E-state index is -3.33. The number of hydrogen-bond acceptors (Lipinski definition) is 4. The second-order valence-electron chi connectivity index (χ2n) is 5.86. The first kappa shape index (κ1) is 18.7. The number of amides is 1. The van der Waals surface area contributed by atoms with Crippen molar-refractivity contribution in [3.8, 4) is 0 Å². The van der Waals surface area contributed by atoms with Gasteiger partial charge in [-0.2, -0.15) is 0 Å². The van der Waals surface area contributed by atoms with Crippen molar-refractivity contribution in [2.24, 2.45) is 0 Å². The van der Waals surface area contributed by atoms with Crippen molar-refractivity contribution >= 4 is 44.8 Å². The lowest BCUT2D eigenvalue weighted by Crippen LogP contribution is -2.35. The number of pyridine rings is 1. The standard InChI is InChI=1S/C16H16Cl2N2O3S/c1-16(2,10-4-6-12(17)13(18)8-10)15(21)20-14-7-5-11(9-19-14)24(3,22)23/h4-9H,1-3H3,(H,19,20,21). The number of rotatable bonds is 4. The molecule has 0 aliphatic carbocycles. The number of carbonyl (C=O) groups excluding carboxylic acids is 1. The summed E-state index contributed by atoms with van der Waals surface area (Å²) < 4.78 is 22.8. The SMILES string of the molecule is CC(C)(C(=O)Nc1ccc(S(C)(=O)=O)cn1)c1ccc(Cl)c(Cl)c1. The maximum Gasteiger partial charge on any atom is 0.235 e. The third-order valence-corrected chi connectivity index (χ3v) is 5.45. The fourth-order valence-electron chi connectivity index (χ4n) is 1.96. The van der Waals surface area contributed by atoms with Crippen LogP contribution in [0.15, 0.2) is 41.4 Å². The number of nitrogens with zero attached hydrogens (tertiary/aromatic N) is 1. The number of nitrogens with one attached hydrogen (secondary N) is 1. The average molecular weight is 387 g/mol. The number of aromatic nitrogens is 1. The van der Waals surface area contributed by atoms with Crippen molar-refractivity contribution in [1.82, 2.24) is 4.98 Å². The van der Waals surface area contributed by atoms with E-state index in [1.807, 2.05) is 0 Å². The van der Waals surface area contributed by atoms with Gasteiger partial charge in [-0.05, 0) is 43.7 Å². The predicted octanol–water partition coefficient (Wildman–Crippen LogP) is 3.71. The highest BCUT2D eigenvalue weighted by atomic mass is 35.5. The van der Waals surface area contributed by atoms with E-state index < -0.39 is 15.3 Å². The van der Waals surface area contributed by atoms with Gasteiger partial charge in [-0.3, -0.25) is 4.79 Å². The van der Waals surface area contributed by atoms with Gasteiger partial charge in [0.15, 0.2) is 9.84 Å². The molecule has 1 aromatic heterocycles. The molecule has 2 aromatic rings. The summed E-state index contributed by atoms with van der Waals surface area (Å²) in [4.78, 5) is 16.6. The highest BCUT2D eigenvalue weighted by molar-refractivity contribution is 7.90. The number of carbonyl (C=O) groups is 1. The monoisotopic (exact) mass is 386 g/mol. The van der Waals surface area contributed by atoms with Crippen molar-refractivity contribution in [3.63, 3.8) is 0 Å².